The lowest BCUT2D eigenvalue weighted by Gasteiger charge is -2.00. The molecule has 0 aliphatic carbocycles. The highest BCUT2D eigenvalue weighted by molar-refractivity contribution is 5.81. The van der Waals surface area contributed by atoms with E-state index in [9.17, 15) is 9.18 Å². The van der Waals surface area contributed by atoms with E-state index in [-0.39, 0.29) is 5.82 Å². The molecule has 2 heteroatoms. The van der Waals surface area contributed by atoms with Gasteiger partial charge < -0.3 is 0 Å². The van der Waals surface area contributed by atoms with E-state index < -0.39 is 0 Å². The first-order valence-electron chi connectivity index (χ1n) is 4.59. The second-order valence-electron chi connectivity index (χ2n) is 3.22. The first-order valence-corrected chi connectivity index (χ1v) is 4.59. The molecule has 74 valence electrons. The number of rotatable bonds is 3. The van der Waals surface area contributed by atoms with Gasteiger partial charge in [0, 0.05) is 5.56 Å². The van der Waals surface area contributed by atoms with Crippen LogP contribution in [0.4, 0.5) is 4.39 Å². The third kappa shape index (κ3) is 2.52. The van der Waals surface area contributed by atoms with Crippen LogP contribution in [-0.4, -0.2) is 6.29 Å². The molecule has 0 aromatic heterocycles. The highest BCUT2D eigenvalue weighted by Crippen LogP contribution is 2.14. The number of allylic oxidation sites excluding steroid dienone is 1. The van der Waals surface area contributed by atoms with Gasteiger partial charge in [0.05, 0.1) is 0 Å². The molecule has 1 aromatic carbocycles. The molecule has 0 saturated heterocycles. The SMILES string of the molecule is CC/C(C=O)=C/c1cc(C)ccc1F. The van der Waals surface area contributed by atoms with Crippen molar-refractivity contribution in [3.05, 3.63) is 40.7 Å². The van der Waals surface area contributed by atoms with Gasteiger partial charge in [-0.25, -0.2) is 4.39 Å². The molecule has 0 aliphatic rings. The molecule has 0 bridgehead atoms. The first kappa shape index (κ1) is 10.6. The average molecular weight is 192 g/mol. The number of hydrogen-bond acceptors (Lipinski definition) is 1. The number of aldehydes is 1. The van der Waals surface area contributed by atoms with Crippen molar-refractivity contribution in [3.8, 4) is 0 Å². The Morgan fingerprint density at radius 1 is 1.50 bits per heavy atom. The molecule has 0 atom stereocenters. The molecule has 1 aromatic rings. The average Bonchev–Trinajstić information content (AvgIpc) is 2.19. The van der Waals surface area contributed by atoms with Crippen molar-refractivity contribution in [1.29, 1.82) is 0 Å². The maximum absolute atomic E-state index is 13.2. The van der Waals surface area contributed by atoms with Crippen molar-refractivity contribution >= 4 is 12.4 Å². The van der Waals surface area contributed by atoms with Crippen LogP contribution >= 0.6 is 0 Å². The minimum absolute atomic E-state index is 0.289. The van der Waals surface area contributed by atoms with E-state index in [1.54, 1.807) is 18.2 Å². The Balaban J connectivity index is 3.12. The third-order valence-electron chi connectivity index (χ3n) is 2.05. The normalized spacial score (nSPS) is 11.5. The van der Waals surface area contributed by atoms with Gasteiger partial charge in [-0.1, -0.05) is 18.6 Å². The fraction of sp³-hybridized carbons (Fsp3) is 0.250. The Kier molecular flexibility index (Phi) is 3.57. The second-order valence-corrected chi connectivity index (χ2v) is 3.22. The van der Waals surface area contributed by atoms with Crippen LogP contribution in [0.2, 0.25) is 0 Å². The lowest BCUT2D eigenvalue weighted by molar-refractivity contribution is -0.104. The minimum atomic E-state index is -0.289. The molecule has 0 amide bonds. The maximum atomic E-state index is 13.2. The van der Waals surface area contributed by atoms with Gasteiger partial charge >= 0.3 is 0 Å². The smallest absolute Gasteiger partial charge is 0.146 e. The molecule has 0 fully saturated rings. The Labute approximate surface area is 83.3 Å². The molecular weight excluding hydrogens is 179 g/mol. The molecule has 0 unspecified atom stereocenters. The van der Waals surface area contributed by atoms with Crippen LogP contribution in [0.5, 0.6) is 0 Å². The molecule has 0 saturated carbocycles. The first-order chi connectivity index (χ1) is 6.67. The third-order valence-corrected chi connectivity index (χ3v) is 2.05. The molecule has 14 heavy (non-hydrogen) atoms. The van der Waals surface area contributed by atoms with Gasteiger partial charge in [0.15, 0.2) is 0 Å². The number of aryl methyl sites for hydroxylation is 1. The number of carbonyl (C=O) groups excluding carboxylic acids is 1. The lowest BCUT2D eigenvalue weighted by atomic mass is 10.1. The monoisotopic (exact) mass is 192 g/mol. The van der Waals surface area contributed by atoms with Crippen molar-refractivity contribution in [2.45, 2.75) is 20.3 Å². The fourth-order valence-corrected chi connectivity index (χ4v) is 1.19. The van der Waals surface area contributed by atoms with Crippen LogP contribution < -0.4 is 0 Å². The van der Waals surface area contributed by atoms with Gasteiger partial charge in [0.25, 0.3) is 0 Å². The Hall–Kier alpha value is -1.44. The van der Waals surface area contributed by atoms with Crippen LogP contribution in [-0.2, 0) is 4.79 Å². The molecule has 0 N–H and O–H groups in total. The lowest BCUT2D eigenvalue weighted by Crippen LogP contribution is -1.87. The molecule has 0 aliphatic heterocycles. The summed E-state index contributed by atoms with van der Waals surface area (Å²) in [6, 6.07) is 4.85. The van der Waals surface area contributed by atoms with Crippen molar-refractivity contribution in [1.82, 2.24) is 0 Å². The summed E-state index contributed by atoms with van der Waals surface area (Å²) in [5.41, 5.74) is 2.07. The van der Waals surface area contributed by atoms with Crippen molar-refractivity contribution in [2.24, 2.45) is 0 Å². The number of carbonyl (C=O) groups is 1. The van der Waals surface area contributed by atoms with E-state index in [2.05, 4.69) is 0 Å². The zero-order valence-corrected chi connectivity index (χ0v) is 8.38. The van der Waals surface area contributed by atoms with Crippen LogP contribution in [0.15, 0.2) is 23.8 Å². The number of benzene rings is 1. The van der Waals surface area contributed by atoms with Gasteiger partial charge in [-0.2, -0.15) is 0 Å². The van der Waals surface area contributed by atoms with Gasteiger partial charge in [0.2, 0.25) is 0 Å². The Bertz CT molecular complexity index is 367. The van der Waals surface area contributed by atoms with Crippen molar-refractivity contribution in [3.63, 3.8) is 0 Å². The van der Waals surface area contributed by atoms with Crippen LogP contribution in [0.25, 0.3) is 6.08 Å². The summed E-state index contributed by atoms with van der Waals surface area (Å²) in [6.07, 6.45) is 2.98. The highest BCUT2D eigenvalue weighted by atomic mass is 19.1. The minimum Gasteiger partial charge on any atom is -0.298 e. The predicted octanol–water partition coefficient (Wildman–Crippen LogP) is 3.13. The van der Waals surface area contributed by atoms with Crippen LogP contribution in [0.3, 0.4) is 0 Å². The standard InChI is InChI=1S/C12H13FO/c1-3-10(8-14)7-11-6-9(2)4-5-12(11)13/h4-8H,3H2,1-2H3/b10-7-. The van der Waals surface area contributed by atoms with Crippen molar-refractivity contribution < 1.29 is 9.18 Å². The molecule has 1 nitrogen and oxygen atoms in total. The van der Waals surface area contributed by atoms with Gasteiger partial charge in [-0.15, -0.1) is 0 Å². The van der Waals surface area contributed by atoms with Gasteiger partial charge in [-0.3, -0.25) is 4.79 Å². The summed E-state index contributed by atoms with van der Waals surface area (Å²) >= 11 is 0. The fourth-order valence-electron chi connectivity index (χ4n) is 1.19. The maximum Gasteiger partial charge on any atom is 0.146 e. The van der Waals surface area contributed by atoms with E-state index in [0.29, 0.717) is 17.6 Å². The van der Waals surface area contributed by atoms with E-state index in [1.807, 2.05) is 13.8 Å². The number of hydrogen-bond donors (Lipinski definition) is 0. The summed E-state index contributed by atoms with van der Waals surface area (Å²) < 4.78 is 13.2. The summed E-state index contributed by atoms with van der Waals surface area (Å²) in [7, 11) is 0. The number of halogens is 1. The van der Waals surface area contributed by atoms with E-state index >= 15 is 0 Å². The van der Waals surface area contributed by atoms with E-state index in [0.717, 1.165) is 11.8 Å². The summed E-state index contributed by atoms with van der Waals surface area (Å²) in [6.45, 7) is 3.76. The Morgan fingerprint density at radius 3 is 2.79 bits per heavy atom. The highest BCUT2D eigenvalue weighted by Gasteiger charge is 2.00. The zero-order chi connectivity index (χ0) is 10.6. The topological polar surface area (TPSA) is 17.1 Å². The summed E-state index contributed by atoms with van der Waals surface area (Å²) in [5.74, 6) is -0.289. The largest absolute Gasteiger partial charge is 0.298 e. The second kappa shape index (κ2) is 4.70. The predicted molar refractivity (Wildman–Crippen MR) is 55.5 cm³/mol. The van der Waals surface area contributed by atoms with Crippen LogP contribution in [0, 0.1) is 12.7 Å². The van der Waals surface area contributed by atoms with E-state index in [1.165, 1.54) is 6.07 Å². The molecule has 1 rings (SSSR count). The van der Waals surface area contributed by atoms with Crippen LogP contribution in [0.1, 0.15) is 24.5 Å². The quantitative estimate of drug-likeness (QED) is 0.531. The van der Waals surface area contributed by atoms with Gasteiger partial charge in [0.1, 0.15) is 12.1 Å². The molecule has 0 spiro atoms. The van der Waals surface area contributed by atoms with E-state index in [4.69, 9.17) is 0 Å². The molecular formula is C12H13FO. The van der Waals surface area contributed by atoms with Crippen molar-refractivity contribution in [2.75, 3.05) is 0 Å². The molecule has 0 heterocycles. The summed E-state index contributed by atoms with van der Waals surface area (Å²) in [5, 5.41) is 0. The molecule has 0 radical (unpaired) electrons. The van der Waals surface area contributed by atoms with Gasteiger partial charge in [-0.05, 0) is 37.1 Å². The Morgan fingerprint density at radius 2 is 2.21 bits per heavy atom. The summed E-state index contributed by atoms with van der Waals surface area (Å²) in [4.78, 5) is 10.5. The zero-order valence-electron chi connectivity index (χ0n) is 8.38.